The van der Waals surface area contributed by atoms with Crippen molar-refractivity contribution < 1.29 is 14.3 Å². The smallest absolute Gasteiger partial charge is 0.340 e. The number of carbonyl (C=O) groups is 2. The number of aromatic nitrogens is 1. The second-order valence-corrected chi connectivity index (χ2v) is 8.54. The molecule has 6 nitrogen and oxygen atoms in total. The highest BCUT2D eigenvalue weighted by atomic mass is 16.5. The first-order chi connectivity index (χ1) is 15.3. The minimum Gasteiger partial charge on any atom is -0.465 e. The number of hydrogen-bond acceptors (Lipinski definition) is 4. The van der Waals surface area contributed by atoms with Crippen molar-refractivity contribution in [3.63, 3.8) is 0 Å². The largest absolute Gasteiger partial charge is 0.465 e. The van der Waals surface area contributed by atoms with Crippen LogP contribution < -0.4 is 10.7 Å². The van der Waals surface area contributed by atoms with Gasteiger partial charge in [-0.15, -0.1) is 0 Å². The first kappa shape index (κ1) is 25.6. The maximum absolute atomic E-state index is 13.1. The van der Waals surface area contributed by atoms with Crippen LogP contribution in [0.2, 0.25) is 0 Å². The number of amides is 1. The fourth-order valence-corrected chi connectivity index (χ4v) is 4.10. The third-order valence-corrected chi connectivity index (χ3v) is 6.02. The molecule has 1 aliphatic rings. The summed E-state index contributed by atoms with van der Waals surface area (Å²) in [5.74, 6) is -0.0854. The van der Waals surface area contributed by atoms with Crippen LogP contribution in [0, 0.1) is 12.8 Å². The van der Waals surface area contributed by atoms with Gasteiger partial charge in [-0.05, 0) is 38.2 Å². The number of hydrogen-bond donors (Lipinski definition) is 1. The molecule has 0 radical (unpaired) electrons. The summed E-state index contributed by atoms with van der Waals surface area (Å²) in [6.45, 7) is 11.1. The van der Waals surface area contributed by atoms with Gasteiger partial charge in [-0.1, -0.05) is 46.3 Å². The summed E-state index contributed by atoms with van der Waals surface area (Å²) in [6, 6.07) is 0. The molecule has 0 bridgehead atoms. The minimum absolute atomic E-state index is 0.0285. The highest BCUT2D eigenvalue weighted by Crippen LogP contribution is 2.29. The molecule has 1 aliphatic heterocycles. The molecule has 2 heterocycles. The van der Waals surface area contributed by atoms with Crippen molar-refractivity contribution in [1.29, 1.82) is 0 Å². The molecule has 0 saturated heterocycles. The molecule has 1 unspecified atom stereocenters. The van der Waals surface area contributed by atoms with E-state index in [-0.39, 0.29) is 18.2 Å². The Morgan fingerprint density at radius 2 is 1.91 bits per heavy atom. The minimum atomic E-state index is -0.398. The van der Waals surface area contributed by atoms with Crippen LogP contribution in [0.4, 0.5) is 0 Å². The maximum atomic E-state index is 13.1. The predicted molar refractivity (Wildman–Crippen MR) is 131 cm³/mol. The molecule has 1 aromatic heterocycles. The average molecular weight is 442 g/mol. The second kappa shape index (κ2) is 11.8. The normalized spacial score (nSPS) is 18.7. The summed E-state index contributed by atoms with van der Waals surface area (Å²) < 4.78 is 5.12. The van der Waals surface area contributed by atoms with Gasteiger partial charge in [0, 0.05) is 41.8 Å². The standard InChI is InChI=1S/C26H39N3O3/c1-8-11-14-29(6)23(30)16-19(22-15-17(4)20(27-22)12-9-2)25-24(26(31)32-7)18(5)21(28-25)13-10-3/h12-13,17,28H,8-11,14-16H2,1-7H3/b20-12-,21-13-,25-19-. The fraction of sp³-hybridized carbons (Fsp3) is 0.577. The first-order valence-corrected chi connectivity index (χ1v) is 11.8. The number of unbranched alkanes of at least 4 members (excludes halogenated alkanes) is 1. The predicted octanol–water partition coefficient (Wildman–Crippen LogP) is 3.87. The molecular weight excluding hydrogens is 402 g/mol. The van der Waals surface area contributed by atoms with Crippen molar-refractivity contribution in [3.05, 3.63) is 33.6 Å². The quantitative estimate of drug-likeness (QED) is 0.591. The average Bonchev–Trinajstić information content (AvgIpc) is 3.29. The number of rotatable bonds is 9. The summed E-state index contributed by atoms with van der Waals surface area (Å²) >= 11 is 0. The van der Waals surface area contributed by atoms with Gasteiger partial charge >= 0.3 is 5.97 Å². The van der Waals surface area contributed by atoms with Crippen molar-refractivity contribution in [3.8, 4) is 0 Å². The summed E-state index contributed by atoms with van der Waals surface area (Å²) in [5, 5.41) is 1.55. The topological polar surface area (TPSA) is 74.8 Å². The van der Waals surface area contributed by atoms with Crippen molar-refractivity contribution in [2.45, 2.75) is 73.1 Å². The van der Waals surface area contributed by atoms with Crippen LogP contribution in [0.1, 0.15) is 82.1 Å². The third-order valence-electron chi connectivity index (χ3n) is 6.02. The molecule has 6 heteroatoms. The van der Waals surface area contributed by atoms with Crippen LogP contribution >= 0.6 is 0 Å². The number of ether oxygens (including phenoxy) is 1. The highest BCUT2D eigenvalue weighted by Gasteiger charge is 2.27. The number of carbonyl (C=O) groups excluding carboxylic acids is 2. The van der Waals surface area contributed by atoms with Gasteiger partial charge in [-0.3, -0.25) is 9.79 Å². The molecule has 1 aromatic rings. The first-order valence-electron chi connectivity index (χ1n) is 11.8. The summed E-state index contributed by atoms with van der Waals surface area (Å²) in [6.07, 6.45) is 8.87. The Morgan fingerprint density at radius 1 is 1.22 bits per heavy atom. The van der Waals surface area contributed by atoms with E-state index in [1.165, 1.54) is 7.11 Å². The van der Waals surface area contributed by atoms with Crippen LogP contribution in [0.3, 0.4) is 0 Å². The molecule has 0 saturated carbocycles. The Labute approximate surface area is 192 Å². The molecule has 0 aromatic carbocycles. The summed E-state index contributed by atoms with van der Waals surface area (Å²) in [5.41, 5.74) is 4.06. The Kier molecular flexibility index (Phi) is 9.48. The number of nitrogens with zero attached hydrogens (tertiary/aromatic N) is 2. The van der Waals surface area contributed by atoms with Gasteiger partial charge in [0.05, 0.1) is 24.4 Å². The van der Waals surface area contributed by atoms with Crippen molar-refractivity contribution >= 4 is 29.2 Å². The Hall–Kier alpha value is -2.63. The zero-order valence-electron chi connectivity index (χ0n) is 20.8. The molecule has 0 aliphatic carbocycles. The molecule has 1 N–H and O–H groups in total. The zero-order valence-corrected chi connectivity index (χ0v) is 20.8. The van der Waals surface area contributed by atoms with Crippen molar-refractivity contribution in [2.75, 3.05) is 20.7 Å². The van der Waals surface area contributed by atoms with Crippen molar-refractivity contribution in [1.82, 2.24) is 9.88 Å². The van der Waals surface area contributed by atoms with Gasteiger partial charge in [0.2, 0.25) is 5.91 Å². The Morgan fingerprint density at radius 3 is 2.50 bits per heavy atom. The third kappa shape index (κ3) is 5.78. The fourth-order valence-electron chi connectivity index (χ4n) is 4.10. The van der Waals surface area contributed by atoms with Crippen LogP contribution in [0.25, 0.3) is 11.6 Å². The summed E-state index contributed by atoms with van der Waals surface area (Å²) in [4.78, 5) is 36.0. The Bertz CT molecular complexity index is 1010. The molecule has 32 heavy (non-hydrogen) atoms. The van der Waals surface area contributed by atoms with Crippen molar-refractivity contribution in [2.24, 2.45) is 10.9 Å². The molecule has 0 fully saturated rings. The van der Waals surface area contributed by atoms with Gasteiger partial charge in [0.15, 0.2) is 0 Å². The van der Waals surface area contributed by atoms with Gasteiger partial charge < -0.3 is 14.6 Å². The molecule has 2 rings (SSSR count). The maximum Gasteiger partial charge on any atom is 0.340 e. The number of aromatic amines is 1. The van der Waals surface area contributed by atoms with Gasteiger partial charge in [0.25, 0.3) is 0 Å². The van der Waals surface area contributed by atoms with E-state index in [4.69, 9.17) is 9.73 Å². The molecule has 1 atom stereocenters. The highest BCUT2D eigenvalue weighted by molar-refractivity contribution is 6.23. The SMILES string of the molecule is CC/C=C1N=C(/C(CC(=O)N(C)CCCC)=c2\[nH]/c(=C\CC)c(C)c2C(=O)OC)CC\1C. The van der Waals surface area contributed by atoms with E-state index < -0.39 is 5.97 Å². The number of allylic oxidation sites excluding steroid dienone is 2. The summed E-state index contributed by atoms with van der Waals surface area (Å²) in [7, 11) is 3.23. The van der Waals surface area contributed by atoms with E-state index in [2.05, 4.69) is 44.8 Å². The van der Waals surface area contributed by atoms with E-state index in [1.807, 2.05) is 14.0 Å². The molecule has 0 spiro atoms. The lowest BCUT2D eigenvalue weighted by Gasteiger charge is -2.18. The monoisotopic (exact) mass is 441 g/mol. The lowest BCUT2D eigenvalue weighted by Crippen LogP contribution is -2.31. The number of H-pyrrole nitrogens is 1. The molecule has 1 amide bonds. The van der Waals surface area contributed by atoms with E-state index in [0.29, 0.717) is 10.9 Å². The number of nitrogens with one attached hydrogen (secondary N) is 1. The molecule has 176 valence electrons. The number of esters is 1. The molecular formula is C26H39N3O3. The van der Waals surface area contributed by atoms with E-state index >= 15 is 0 Å². The van der Waals surface area contributed by atoms with Crippen LogP contribution in [0.15, 0.2) is 16.8 Å². The lowest BCUT2D eigenvalue weighted by molar-refractivity contribution is -0.128. The van der Waals surface area contributed by atoms with Gasteiger partial charge in [-0.25, -0.2) is 4.79 Å². The van der Waals surface area contributed by atoms with Crippen LogP contribution in [0.5, 0.6) is 0 Å². The van der Waals surface area contributed by atoms with E-state index in [9.17, 15) is 9.59 Å². The number of aliphatic imine (C=N–C) groups is 1. The number of methoxy groups -OCH3 is 1. The zero-order chi connectivity index (χ0) is 23.8. The second-order valence-electron chi connectivity index (χ2n) is 8.54. The van der Waals surface area contributed by atoms with Crippen LogP contribution in [-0.4, -0.2) is 48.2 Å². The van der Waals surface area contributed by atoms with E-state index in [1.54, 1.807) is 4.90 Å². The Balaban J connectivity index is 2.76. The van der Waals surface area contributed by atoms with Crippen LogP contribution in [-0.2, 0) is 9.53 Å². The van der Waals surface area contributed by atoms with E-state index in [0.717, 1.165) is 66.5 Å². The van der Waals surface area contributed by atoms with Gasteiger partial charge in [0.1, 0.15) is 0 Å². The lowest BCUT2D eigenvalue weighted by atomic mass is 9.96. The van der Waals surface area contributed by atoms with Gasteiger partial charge in [-0.2, -0.15) is 0 Å².